The van der Waals surface area contributed by atoms with E-state index in [1.54, 1.807) is 0 Å². The lowest BCUT2D eigenvalue weighted by molar-refractivity contribution is 0.117. The number of fused-ring (bicyclic) bond motifs is 1. The van der Waals surface area contributed by atoms with Crippen molar-refractivity contribution in [1.29, 1.82) is 0 Å². The summed E-state index contributed by atoms with van der Waals surface area (Å²) in [6.45, 7) is 9.19. The largest absolute Gasteiger partial charge is 0.380 e. The van der Waals surface area contributed by atoms with E-state index in [2.05, 4.69) is 55.8 Å². The third kappa shape index (κ3) is 3.36. The van der Waals surface area contributed by atoms with Gasteiger partial charge in [-0.1, -0.05) is 26.0 Å². The summed E-state index contributed by atoms with van der Waals surface area (Å²) in [5.41, 5.74) is 2.62. The maximum absolute atomic E-state index is 5.68. The molecule has 0 aliphatic rings. The molecule has 0 aliphatic carbocycles. The van der Waals surface area contributed by atoms with E-state index < -0.39 is 0 Å². The molecule has 0 N–H and O–H groups in total. The van der Waals surface area contributed by atoms with Crippen molar-refractivity contribution in [3.63, 3.8) is 0 Å². The van der Waals surface area contributed by atoms with Crippen molar-refractivity contribution in [3.8, 4) is 0 Å². The molecule has 1 heterocycles. The zero-order chi connectivity index (χ0) is 13.0. The molecular weight excluding hydrogens is 222 g/mol. The molecule has 2 aromatic rings. The molecule has 0 spiro atoms. The van der Waals surface area contributed by atoms with Crippen molar-refractivity contribution < 1.29 is 4.74 Å². The summed E-state index contributed by atoms with van der Waals surface area (Å²) in [6.07, 6.45) is 3.29. The number of aromatic nitrogens is 1. The van der Waals surface area contributed by atoms with Crippen molar-refractivity contribution in [2.45, 2.75) is 33.7 Å². The highest BCUT2D eigenvalue weighted by atomic mass is 16.5. The normalized spacial score (nSPS) is 11.6. The molecule has 0 unspecified atom stereocenters. The highest BCUT2D eigenvalue weighted by Crippen LogP contribution is 2.17. The van der Waals surface area contributed by atoms with E-state index in [1.165, 1.54) is 16.5 Å². The summed E-state index contributed by atoms with van der Waals surface area (Å²) in [7, 11) is 0. The van der Waals surface area contributed by atoms with Crippen molar-refractivity contribution in [3.05, 3.63) is 36.0 Å². The van der Waals surface area contributed by atoms with Crippen LogP contribution in [0.5, 0.6) is 0 Å². The van der Waals surface area contributed by atoms with Gasteiger partial charge in [0.15, 0.2) is 0 Å². The van der Waals surface area contributed by atoms with Crippen LogP contribution in [0, 0.1) is 12.8 Å². The topological polar surface area (TPSA) is 14.2 Å². The van der Waals surface area contributed by atoms with Gasteiger partial charge in [-0.2, -0.15) is 0 Å². The zero-order valence-electron chi connectivity index (χ0n) is 11.6. The average molecular weight is 245 g/mol. The van der Waals surface area contributed by atoms with E-state index in [0.717, 1.165) is 32.1 Å². The first-order valence-corrected chi connectivity index (χ1v) is 6.80. The molecule has 0 amide bonds. The first kappa shape index (κ1) is 13.2. The Morgan fingerprint density at radius 3 is 2.78 bits per heavy atom. The zero-order valence-corrected chi connectivity index (χ0v) is 11.6. The summed E-state index contributed by atoms with van der Waals surface area (Å²) >= 11 is 0. The van der Waals surface area contributed by atoms with Gasteiger partial charge in [0.25, 0.3) is 0 Å². The van der Waals surface area contributed by atoms with Gasteiger partial charge in [0.2, 0.25) is 0 Å². The highest BCUT2D eigenvalue weighted by Gasteiger charge is 2.01. The Morgan fingerprint density at radius 2 is 2.00 bits per heavy atom. The van der Waals surface area contributed by atoms with Crippen LogP contribution < -0.4 is 0 Å². The predicted molar refractivity (Wildman–Crippen MR) is 76.9 cm³/mol. The molecule has 18 heavy (non-hydrogen) atoms. The number of hydrogen-bond donors (Lipinski definition) is 0. The van der Waals surface area contributed by atoms with Gasteiger partial charge in [0.1, 0.15) is 0 Å². The Labute approximate surface area is 110 Å². The van der Waals surface area contributed by atoms with E-state index in [1.807, 2.05) is 0 Å². The van der Waals surface area contributed by atoms with Gasteiger partial charge in [-0.05, 0) is 42.3 Å². The van der Waals surface area contributed by atoms with Crippen LogP contribution in [0.1, 0.15) is 25.8 Å². The molecule has 0 saturated carbocycles. The number of hydrogen-bond acceptors (Lipinski definition) is 1. The number of aryl methyl sites for hydroxylation is 1. The van der Waals surface area contributed by atoms with Crippen molar-refractivity contribution >= 4 is 10.9 Å². The molecule has 2 heteroatoms. The minimum atomic E-state index is 0.722. The summed E-state index contributed by atoms with van der Waals surface area (Å²) in [4.78, 5) is 0. The van der Waals surface area contributed by atoms with Crippen molar-refractivity contribution in [2.24, 2.45) is 5.92 Å². The van der Waals surface area contributed by atoms with Crippen LogP contribution in [0.2, 0.25) is 0 Å². The third-order valence-corrected chi connectivity index (χ3v) is 3.25. The van der Waals surface area contributed by atoms with E-state index >= 15 is 0 Å². The van der Waals surface area contributed by atoms with Crippen LogP contribution in [0.3, 0.4) is 0 Å². The van der Waals surface area contributed by atoms with Gasteiger partial charge in [-0.3, -0.25) is 0 Å². The number of benzene rings is 1. The van der Waals surface area contributed by atoms with Gasteiger partial charge in [0.05, 0.1) is 6.61 Å². The van der Waals surface area contributed by atoms with Crippen LogP contribution in [-0.4, -0.2) is 17.8 Å². The lowest BCUT2D eigenvalue weighted by Crippen LogP contribution is -2.07. The minimum Gasteiger partial charge on any atom is -0.380 e. The SMILES string of the molecule is Cc1ccc2ccn(CCOCCC(C)C)c2c1. The van der Waals surface area contributed by atoms with Gasteiger partial charge < -0.3 is 9.30 Å². The summed E-state index contributed by atoms with van der Waals surface area (Å²) in [5.74, 6) is 0.722. The molecule has 2 nitrogen and oxygen atoms in total. The molecule has 0 aliphatic heterocycles. The molecule has 0 atom stereocenters. The second kappa shape index (κ2) is 6.05. The van der Waals surface area contributed by atoms with Gasteiger partial charge in [-0.25, -0.2) is 0 Å². The molecule has 0 radical (unpaired) electrons. The Kier molecular flexibility index (Phi) is 4.43. The fourth-order valence-electron chi connectivity index (χ4n) is 2.07. The standard InChI is InChI=1S/C16H23NO/c1-13(2)7-10-18-11-9-17-8-6-15-5-4-14(3)12-16(15)17/h4-6,8,12-13H,7,9-11H2,1-3H3. The Bertz CT molecular complexity index is 499. The maximum atomic E-state index is 5.68. The highest BCUT2D eigenvalue weighted by molar-refractivity contribution is 5.80. The summed E-state index contributed by atoms with van der Waals surface area (Å²) in [6, 6.07) is 8.75. The average Bonchev–Trinajstić information content (AvgIpc) is 2.71. The predicted octanol–water partition coefficient (Wildman–Crippen LogP) is 4.01. The van der Waals surface area contributed by atoms with Crippen LogP contribution in [0.25, 0.3) is 10.9 Å². The molecule has 0 fully saturated rings. The van der Waals surface area contributed by atoms with E-state index in [0.29, 0.717) is 0 Å². The molecule has 1 aromatic heterocycles. The Morgan fingerprint density at radius 1 is 1.17 bits per heavy atom. The molecule has 98 valence electrons. The third-order valence-electron chi connectivity index (χ3n) is 3.25. The molecule has 0 saturated heterocycles. The fourth-order valence-corrected chi connectivity index (χ4v) is 2.07. The molecular formula is C16H23NO. The smallest absolute Gasteiger partial charge is 0.0645 e. The lowest BCUT2D eigenvalue weighted by Gasteiger charge is -2.08. The van der Waals surface area contributed by atoms with Crippen molar-refractivity contribution in [2.75, 3.05) is 13.2 Å². The van der Waals surface area contributed by atoms with Gasteiger partial charge >= 0.3 is 0 Å². The fraction of sp³-hybridized carbons (Fsp3) is 0.500. The Balaban J connectivity index is 1.89. The number of rotatable bonds is 6. The lowest BCUT2D eigenvalue weighted by atomic mass is 10.1. The van der Waals surface area contributed by atoms with E-state index in [4.69, 9.17) is 4.74 Å². The van der Waals surface area contributed by atoms with Crippen LogP contribution >= 0.6 is 0 Å². The van der Waals surface area contributed by atoms with Crippen LogP contribution in [0.15, 0.2) is 30.5 Å². The quantitative estimate of drug-likeness (QED) is 0.701. The monoisotopic (exact) mass is 245 g/mol. The molecule has 2 rings (SSSR count). The van der Waals surface area contributed by atoms with Crippen LogP contribution in [-0.2, 0) is 11.3 Å². The molecule has 0 bridgehead atoms. The number of ether oxygens (including phenoxy) is 1. The number of nitrogens with zero attached hydrogens (tertiary/aromatic N) is 1. The van der Waals surface area contributed by atoms with E-state index in [-0.39, 0.29) is 0 Å². The molecule has 1 aromatic carbocycles. The first-order chi connectivity index (χ1) is 8.66. The van der Waals surface area contributed by atoms with Gasteiger partial charge in [-0.15, -0.1) is 0 Å². The second-order valence-electron chi connectivity index (χ2n) is 5.37. The summed E-state index contributed by atoms with van der Waals surface area (Å²) in [5, 5.41) is 1.31. The Hall–Kier alpha value is -1.28. The van der Waals surface area contributed by atoms with E-state index in [9.17, 15) is 0 Å². The summed E-state index contributed by atoms with van der Waals surface area (Å²) < 4.78 is 7.95. The van der Waals surface area contributed by atoms with Crippen molar-refractivity contribution in [1.82, 2.24) is 4.57 Å². The van der Waals surface area contributed by atoms with Gasteiger partial charge in [0, 0.05) is 24.9 Å². The maximum Gasteiger partial charge on any atom is 0.0645 e. The second-order valence-corrected chi connectivity index (χ2v) is 5.37. The first-order valence-electron chi connectivity index (χ1n) is 6.80. The minimum absolute atomic E-state index is 0.722. The van der Waals surface area contributed by atoms with Crippen LogP contribution in [0.4, 0.5) is 0 Å².